The van der Waals surface area contributed by atoms with Crippen molar-refractivity contribution in [2.45, 2.75) is 45.6 Å². The van der Waals surface area contributed by atoms with Gasteiger partial charge in [0.2, 0.25) is 0 Å². The summed E-state index contributed by atoms with van der Waals surface area (Å²) in [5.41, 5.74) is 1.13. The number of hydrogen-bond donors (Lipinski definition) is 0. The molecule has 1 amide bonds. The number of carbonyl (C=O) groups is 2. The van der Waals surface area contributed by atoms with Crippen LogP contribution in [-0.2, 0) is 9.53 Å². The van der Waals surface area contributed by atoms with Crippen LogP contribution in [0.15, 0.2) is 6.07 Å². The van der Waals surface area contributed by atoms with Crippen molar-refractivity contribution in [1.29, 1.82) is 0 Å². The predicted molar refractivity (Wildman–Crippen MR) is 79.1 cm³/mol. The summed E-state index contributed by atoms with van der Waals surface area (Å²) in [7, 11) is 1.36. The molecule has 20 heavy (non-hydrogen) atoms. The Labute approximate surface area is 123 Å². The van der Waals surface area contributed by atoms with Crippen LogP contribution in [0.1, 0.15) is 45.8 Å². The lowest BCUT2D eigenvalue weighted by molar-refractivity contribution is -0.141. The minimum Gasteiger partial charge on any atom is -0.468 e. The van der Waals surface area contributed by atoms with Crippen molar-refractivity contribution >= 4 is 23.2 Å². The Kier molecular flexibility index (Phi) is 4.81. The lowest BCUT2D eigenvalue weighted by Crippen LogP contribution is -2.42. The molecule has 0 unspecified atom stereocenters. The van der Waals surface area contributed by atoms with Crippen molar-refractivity contribution in [2.75, 3.05) is 13.7 Å². The standard InChI is InChI=1S/C15H21NO3S/c1-10-8-13(20-11(10)2)15(18)16(9-14(17)19-3)12-6-4-5-7-12/h8,12H,4-7,9H2,1-3H3. The number of amides is 1. The molecule has 0 N–H and O–H groups in total. The number of rotatable bonds is 4. The molecule has 0 radical (unpaired) electrons. The van der Waals surface area contributed by atoms with E-state index in [0.29, 0.717) is 0 Å². The molecule has 0 aliphatic heterocycles. The van der Waals surface area contributed by atoms with Crippen LogP contribution < -0.4 is 0 Å². The summed E-state index contributed by atoms with van der Waals surface area (Å²) in [6, 6.07) is 2.09. The maximum absolute atomic E-state index is 12.7. The van der Waals surface area contributed by atoms with Crippen LogP contribution in [-0.4, -0.2) is 36.5 Å². The van der Waals surface area contributed by atoms with Gasteiger partial charge in [-0.2, -0.15) is 0 Å². The fourth-order valence-corrected chi connectivity index (χ4v) is 3.60. The minimum atomic E-state index is -0.352. The van der Waals surface area contributed by atoms with Crippen LogP contribution in [0, 0.1) is 13.8 Å². The van der Waals surface area contributed by atoms with E-state index in [1.807, 2.05) is 19.9 Å². The van der Waals surface area contributed by atoms with E-state index in [9.17, 15) is 9.59 Å². The Morgan fingerprint density at radius 3 is 2.50 bits per heavy atom. The summed E-state index contributed by atoms with van der Waals surface area (Å²) in [6.45, 7) is 4.07. The Balaban J connectivity index is 2.20. The van der Waals surface area contributed by atoms with Crippen molar-refractivity contribution in [3.05, 3.63) is 21.4 Å². The number of hydrogen-bond acceptors (Lipinski definition) is 4. The summed E-state index contributed by atoms with van der Waals surface area (Å²) < 4.78 is 4.73. The van der Waals surface area contributed by atoms with E-state index < -0.39 is 0 Å². The molecule has 0 atom stereocenters. The van der Waals surface area contributed by atoms with Gasteiger partial charge in [-0.25, -0.2) is 0 Å². The van der Waals surface area contributed by atoms with Gasteiger partial charge >= 0.3 is 5.97 Å². The van der Waals surface area contributed by atoms with Crippen LogP contribution in [0.5, 0.6) is 0 Å². The molecule has 5 heteroatoms. The lowest BCUT2D eigenvalue weighted by Gasteiger charge is -2.27. The highest BCUT2D eigenvalue weighted by atomic mass is 32.1. The van der Waals surface area contributed by atoms with Gasteiger partial charge in [-0.05, 0) is 38.3 Å². The van der Waals surface area contributed by atoms with Gasteiger partial charge in [0.25, 0.3) is 5.91 Å². The topological polar surface area (TPSA) is 46.6 Å². The molecule has 1 aliphatic rings. The van der Waals surface area contributed by atoms with E-state index in [4.69, 9.17) is 4.74 Å². The van der Waals surface area contributed by atoms with Crippen LogP contribution in [0.25, 0.3) is 0 Å². The van der Waals surface area contributed by atoms with Crippen LogP contribution in [0.4, 0.5) is 0 Å². The second-order valence-corrected chi connectivity index (χ2v) is 6.55. The molecule has 1 fully saturated rings. The van der Waals surface area contributed by atoms with E-state index in [-0.39, 0.29) is 24.5 Å². The monoisotopic (exact) mass is 295 g/mol. The average Bonchev–Trinajstić information content (AvgIpc) is 3.06. The molecule has 2 rings (SSSR count). The zero-order chi connectivity index (χ0) is 14.7. The fraction of sp³-hybridized carbons (Fsp3) is 0.600. The molecule has 0 bridgehead atoms. The number of nitrogens with zero attached hydrogens (tertiary/aromatic N) is 1. The largest absolute Gasteiger partial charge is 0.468 e. The quantitative estimate of drug-likeness (QED) is 0.802. The van der Waals surface area contributed by atoms with Crippen molar-refractivity contribution in [2.24, 2.45) is 0 Å². The van der Waals surface area contributed by atoms with Gasteiger partial charge in [0.15, 0.2) is 0 Å². The normalized spacial score (nSPS) is 15.3. The second-order valence-electron chi connectivity index (χ2n) is 5.30. The average molecular weight is 295 g/mol. The first kappa shape index (κ1) is 15.0. The zero-order valence-corrected chi connectivity index (χ0v) is 13.1. The summed E-state index contributed by atoms with van der Waals surface area (Å²) in [5, 5.41) is 0. The third kappa shape index (κ3) is 3.20. The number of thiophene rings is 1. The first-order valence-electron chi connectivity index (χ1n) is 6.97. The van der Waals surface area contributed by atoms with Gasteiger partial charge in [0.05, 0.1) is 12.0 Å². The minimum absolute atomic E-state index is 0.0384. The van der Waals surface area contributed by atoms with Gasteiger partial charge < -0.3 is 9.64 Å². The third-order valence-electron chi connectivity index (χ3n) is 3.93. The highest BCUT2D eigenvalue weighted by Crippen LogP contribution is 2.28. The molecule has 0 saturated heterocycles. The van der Waals surface area contributed by atoms with Crippen molar-refractivity contribution in [3.8, 4) is 0 Å². The second kappa shape index (κ2) is 6.39. The van der Waals surface area contributed by atoms with E-state index in [1.54, 1.807) is 4.90 Å². The molecule has 1 aromatic heterocycles. The van der Waals surface area contributed by atoms with Gasteiger partial charge in [-0.15, -0.1) is 11.3 Å². The molecule has 1 aliphatic carbocycles. The Morgan fingerprint density at radius 1 is 1.35 bits per heavy atom. The highest BCUT2D eigenvalue weighted by molar-refractivity contribution is 7.14. The number of aryl methyl sites for hydroxylation is 2. The highest BCUT2D eigenvalue weighted by Gasteiger charge is 2.30. The van der Waals surface area contributed by atoms with E-state index in [1.165, 1.54) is 18.4 Å². The van der Waals surface area contributed by atoms with Crippen molar-refractivity contribution < 1.29 is 14.3 Å². The van der Waals surface area contributed by atoms with E-state index >= 15 is 0 Å². The summed E-state index contributed by atoms with van der Waals surface area (Å²) in [5.74, 6) is -0.390. The molecule has 1 heterocycles. The van der Waals surface area contributed by atoms with Crippen LogP contribution in [0.2, 0.25) is 0 Å². The predicted octanol–water partition coefficient (Wildman–Crippen LogP) is 2.92. The number of esters is 1. The smallest absolute Gasteiger partial charge is 0.325 e. The molecule has 0 aromatic carbocycles. The molecule has 1 saturated carbocycles. The molecule has 0 spiro atoms. The zero-order valence-electron chi connectivity index (χ0n) is 12.3. The van der Waals surface area contributed by atoms with Crippen LogP contribution >= 0.6 is 11.3 Å². The summed E-state index contributed by atoms with van der Waals surface area (Å²) in [6.07, 6.45) is 4.20. The molecular weight excluding hydrogens is 274 g/mol. The maximum Gasteiger partial charge on any atom is 0.325 e. The Hall–Kier alpha value is -1.36. The lowest BCUT2D eigenvalue weighted by atomic mass is 10.2. The Morgan fingerprint density at radius 2 is 2.00 bits per heavy atom. The third-order valence-corrected chi connectivity index (χ3v) is 5.07. The number of carbonyl (C=O) groups excluding carboxylic acids is 2. The van der Waals surface area contributed by atoms with Gasteiger partial charge in [-0.3, -0.25) is 9.59 Å². The van der Waals surface area contributed by atoms with Gasteiger partial charge in [0.1, 0.15) is 6.54 Å². The molecule has 1 aromatic rings. The first-order chi connectivity index (χ1) is 9.52. The van der Waals surface area contributed by atoms with E-state index in [0.717, 1.165) is 41.0 Å². The number of methoxy groups -OCH3 is 1. The van der Waals surface area contributed by atoms with Crippen LogP contribution in [0.3, 0.4) is 0 Å². The Bertz CT molecular complexity index is 484. The summed E-state index contributed by atoms with van der Waals surface area (Å²) >= 11 is 1.50. The SMILES string of the molecule is COC(=O)CN(C(=O)c1cc(C)c(C)s1)C1CCCC1. The van der Waals surface area contributed by atoms with Crippen molar-refractivity contribution in [1.82, 2.24) is 4.90 Å². The maximum atomic E-state index is 12.7. The van der Waals surface area contributed by atoms with E-state index in [2.05, 4.69) is 0 Å². The fourth-order valence-electron chi connectivity index (χ4n) is 2.61. The van der Waals surface area contributed by atoms with Gasteiger partial charge in [0, 0.05) is 10.9 Å². The first-order valence-corrected chi connectivity index (χ1v) is 7.79. The summed E-state index contributed by atoms with van der Waals surface area (Å²) in [4.78, 5) is 27.8. The van der Waals surface area contributed by atoms with Gasteiger partial charge in [-0.1, -0.05) is 12.8 Å². The molecular formula is C15H21NO3S. The molecule has 110 valence electrons. The molecule has 4 nitrogen and oxygen atoms in total. The van der Waals surface area contributed by atoms with Crippen molar-refractivity contribution in [3.63, 3.8) is 0 Å². The number of ether oxygens (including phenoxy) is 1.